The van der Waals surface area contributed by atoms with Gasteiger partial charge in [0.05, 0.1) is 17.1 Å². The Bertz CT molecular complexity index is 1140. The van der Waals surface area contributed by atoms with Crippen LogP contribution in [0.4, 0.5) is 11.4 Å². The van der Waals surface area contributed by atoms with Crippen LogP contribution in [0, 0.1) is 6.92 Å². The number of hydrogen-bond donors (Lipinski definition) is 2. The molecule has 0 radical (unpaired) electrons. The van der Waals surface area contributed by atoms with Crippen molar-refractivity contribution in [3.8, 4) is 11.1 Å². The fourth-order valence-corrected chi connectivity index (χ4v) is 4.04. The first-order valence-corrected chi connectivity index (χ1v) is 11.0. The molecular weight excluding hydrogens is 384 g/mol. The molecule has 5 nitrogen and oxygen atoms in total. The molecule has 150 valence electrons. The summed E-state index contributed by atoms with van der Waals surface area (Å²) in [6.45, 7) is 3.58. The summed E-state index contributed by atoms with van der Waals surface area (Å²) in [5.41, 5.74) is 11.2. The molecule has 0 aromatic heterocycles. The van der Waals surface area contributed by atoms with E-state index in [0.717, 1.165) is 22.3 Å². The van der Waals surface area contributed by atoms with Gasteiger partial charge in [0.15, 0.2) is 9.84 Å². The Morgan fingerprint density at radius 1 is 0.966 bits per heavy atom. The van der Waals surface area contributed by atoms with Gasteiger partial charge in [0.1, 0.15) is 0 Å². The van der Waals surface area contributed by atoms with Crippen LogP contribution in [0.3, 0.4) is 0 Å². The fourth-order valence-electron chi connectivity index (χ4n) is 3.16. The van der Waals surface area contributed by atoms with Crippen LogP contribution in [0.5, 0.6) is 0 Å². The standard InChI is InChI=1S/C23H24N2O3S/c1-3-29(27,28)19-11-8-17(9-12-19)15-23(26)25-18-10-13-20(16(2)14-18)21-6-4-5-7-22(21)24/h4-14H,3,15,24H2,1-2H3,(H,25,26). The molecule has 3 N–H and O–H groups in total. The number of nitrogens with one attached hydrogen (secondary N) is 1. The van der Waals surface area contributed by atoms with Gasteiger partial charge in [-0.1, -0.05) is 43.3 Å². The Morgan fingerprint density at radius 2 is 1.66 bits per heavy atom. The highest BCUT2D eigenvalue weighted by atomic mass is 32.2. The molecule has 0 saturated heterocycles. The summed E-state index contributed by atoms with van der Waals surface area (Å²) in [6, 6.07) is 19.8. The van der Waals surface area contributed by atoms with E-state index in [0.29, 0.717) is 11.4 Å². The van der Waals surface area contributed by atoms with Gasteiger partial charge >= 0.3 is 0 Å². The predicted molar refractivity (Wildman–Crippen MR) is 118 cm³/mol. The van der Waals surface area contributed by atoms with Crippen LogP contribution in [0.25, 0.3) is 11.1 Å². The van der Waals surface area contributed by atoms with Gasteiger partial charge in [-0.2, -0.15) is 0 Å². The molecule has 29 heavy (non-hydrogen) atoms. The van der Waals surface area contributed by atoms with Crippen LogP contribution in [-0.4, -0.2) is 20.1 Å². The maximum absolute atomic E-state index is 12.4. The molecule has 0 atom stereocenters. The van der Waals surface area contributed by atoms with Crippen molar-refractivity contribution < 1.29 is 13.2 Å². The van der Waals surface area contributed by atoms with E-state index in [1.807, 2.05) is 49.4 Å². The smallest absolute Gasteiger partial charge is 0.228 e. The number of nitrogen functional groups attached to an aromatic ring is 1. The third-order valence-electron chi connectivity index (χ3n) is 4.79. The summed E-state index contributed by atoms with van der Waals surface area (Å²) < 4.78 is 23.7. The molecule has 0 aliphatic carbocycles. The highest BCUT2D eigenvalue weighted by molar-refractivity contribution is 7.91. The quantitative estimate of drug-likeness (QED) is 0.598. The van der Waals surface area contributed by atoms with Crippen LogP contribution in [0.2, 0.25) is 0 Å². The maximum Gasteiger partial charge on any atom is 0.228 e. The molecule has 1 amide bonds. The molecular formula is C23H24N2O3S. The zero-order valence-electron chi connectivity index (χ0n) is 16.5. The van der Waals surface area contributed by atoms with Crippen molar-refractivity contribution in [1.82, 2.24) is 0 Å². The molecule has 3 rings (SSSR count). The zero-order valence-corrected chi connectivity index (χ0v) is 17.3. The molecule has 3 aromatic rings. The monoisotopic (exact) mass is 408 g/mol. The third kappa shape index (κ3) is 4.84. The van der Waals surface area contributed by atoms with Gasteiger partial charge in [-0.25, -0.2) is 8.42 Å². The lowest BCUT2D eigenvalue weighted by Gasteiger charge is -2.12. The van der Waals surface area contributed by atoms with Crippen LogP contribution in [0.1, 0.15) is 18.1 Å². The van der Waals surface area contributed by atoms with E-state index in [1.165, 1.54) is 0 Å². The number of benzene rings is 3. The third-order valence-corrected chi connectivity index (χ3v) is 6.54. The van der Waals surface area contributed by atoms with Gasteiger partial charge in [0.2, 0.25) is 5.91 Å². The van der Waals surface area contributed by atoms with Crippen LogP contribution >= 0.6 is 0 Å². The van der Waals surface area contributed by atoms with Crippen molar-refractivity contribution in [2.45, 2.75) is 25.2 Å². The highest BCUT2D eigenvalue weighted by Gasteiger charge is 2.12. The number of carbonyl (C=O) groups is 1. The first kappa shape index (κ1) is 20.6. The Morgan fingerprint density at radius 3 is 2.28 bits per heavy atom. The number of sulfone groups is 1. The van der Waals surface area contributed by atoms with Gasteiger partial charge in [0.25, 0.3) is 0 Å². The van der Waals surface area contributed by atoms with E-state index in [2.05, 4.69) is 5.32 Å². The molecule has 0 saturated carbocycles. The molecule has 0 aliphatic rings. The second-order valence-electron chi connectivity index (χ2n) is 6.89. The number of amides is 1. The molecule has 0 unspecified atom stereocenters. The number of nitrogens with two attached hydrogens (primary N) is 1. The van der Waals surface area contributed by atoms with Crippen LogP contribution in [0.15, 0.2) is 71.6 Å². The number of rotatable bonds is 6. The Hall–Kier alpha value is -3.12. The molecule has 6 heteroatoms. The SMILES string of the molecule is CCS(=O)(=O)c1ccc(CC(=O)Nc2ccc(-c3ccccc3N)c(C)c2)cc1. The topological polar surface area (TPSA) is 89.3 Å². The van der Waals surface area contributed by atoms with Crippen molar-refractivity contribution >= 4 is 27.1 Å². The molecule has 0 spiro atoms. The van der Waals surface area contributed by atoms with Crippen LogP contribution < -0.4 is 11.1 Å². The summed E-state index contributed by atoms with van der Waals surface area (Å²) in [5.74, 6) is -0.112. The summed E-state index contributed by atoms with van der Waals surface area (Å²) in [5, 5.41) is 2.89. The summed E-state index contributed by atoms with van der Waals surface area (Å²) >= 11 is 0. The minimum Gasteiger partial charge on any atom is -0.398 e. The lowest BCUT2D eigenvalue weighted by Crippen LogP contribution is -2.14. The average Bonchev–Trinajstić information content (AvgIpc) is 2.69. The van der Waals surface area contributed by atoms with E-state index in [1.54, 1.807) is 31.2 Å². The normalized spacial score (nSPS) is 11.2. The van der Waals surface area contributed by atoms with Crippen molar-refractivity contribution in [2.75, 3.05) is 16.8 Å². The first-order chi connectivity index (χ1) is 13.8. The highest BCUT2D eigenvalue weighted by Crippen LogP contribution is 2.30. The second kappa shape index (κ2) is 8.49. The number of para-hydroxylation sites is 1. The molecule has 0 fully saturated rings. The van der Waals surface area contributed by atoms with E-state index in [4.69, 9.17) is 5.73 Å². The largest absolute Gasteiger partial charge is 0.398 e. The predicted octanol–water partition coefficient (Wildman–Crippen LogP) is 4.22. The van der Waals surface area contributed by atoms with E-state index in [-0.39, 0.29) is 23.0 Å². The molecule has 3 aromatic carbocycles. The lowest BCUT2D eigenvalue weighted by molar-refractivity contribution is -0.115. The van der Waals surface area contributed by atoms with Gasteiger partial charge in [-0.15, -0.1) is 0 Å². The molecule has 0 aliphatic heterocycles. The number of anilines is 2. The minimum atomic E-state index is -3.24. The summed E-state index contributed by atoms with van der Waals surface area (Å²) in [7, 11) is -3.24. The number of hydrogen-bond acceptors (Lipinski definition) is 4. The van der Waals surface area contributed by atoms with Gasteiger partial charge in [0, 0.05) is 16.9 Å². The number of aryl methyl sites for hydroxylation is 1. The summed E-state index contributed by atoms with van der Waals surface area (Å²) in [6.07, 6.45) is 0.166. The van der Waals surface area contributed by atoms with Crippen molar-refractivity contribution in [3.63, 3.8) is 0 Å². The Balaban J connectivity index is 1.70. The Kier molecular flexibility index (Phi) is 6.03. The Labute approximate surface area is 171 Å². The summed E-state index contributed by atoms with van der Waals surface area (Å²) in [4.78, 5) is 12.7. The van der Waals surface area contributed by atoms with E-state index < -0.39 is 9.84 Å². The van der Waals surface area contributed by atoms with Crippen molar-refractivity contribution in [1.29, 1.82) is 0 Å². The van der Waals surface area contributed by atoms with Crippen LogP contribution in [-0.2, 0) is 21.1 Å². The van der Waals surface area contributed by atoms with Gasteiger partial charge < -0.3 is 11.1 Å². The minimum absolute atomic E-state index is 0.0524. The molecule has 0 bridgehead atoms. The molecule has 0 heterocycles. The second-order valence-corrected chi connectivity index (χ2v) is 9.17. The van der Waals surface area contributed by atoms with Gasteiger partial charge in [-0.3, -0.25) is 4.79 Å². The lowest BCUT2D eigenvalue weighted by atomic mass is 9.98. The maximum atomic E-state index is 12.4. The van der Waals surface area contributed by atoms with E-state index >= 15 is 0 Å². The zero-order chi connectivity index (χ0) is 21.0. The first-order valence-electron chi connectivity index (χ1n) is 9.37. The fraction of sp³-hybridized carbons (Fsp3) is 0.174. The van der Waals surface area contributed by atoms with Crippen molar-refractivity contribution in [2.24, 2.45) is 0 Å². The van der Waals surface area contributed by atoms with E-state index in [9.17, 15) is 13.2 Å². The number of carbonyl (C=O) groups excluding carboxylic acids is 1. The van der Waals surface area contributed by atoms with Gasteiger partial charge in [-0.05, 0) is 53.9 Å². The van der Waals surface area contributed by atoms with Crippen molar-refractivity contribution in [3.05, 3.63) is 77.9 Å². The average molecular weight is 409 g/mol.